The molecule has 0 bridgehead atoms. The van der Waals surface area contributed by atoms with Gasteiger partial charge >= 0.3 is 0 Å². The molecule has 3 aromatic rings. The van der Waals surface area contributed by atoms with E-state index in [0.29, 0.717) is 17.1 Å². The number of rotatable bonds is 2. The largest absolute Gasteiger partial charge is 0.464 e. The summed E-state index contributed by atoms with van der Waals surface area (Å²) in [5.74, 6) is 1.36. The van der Waals surface area contributed by atoms with Gasteiger partial charge in [0.15, 0.2) is 0 Å². The Labute approximate surface area is 104 Å². The van der Waals surface area contributed by atoms with E-state index in [1.165, 1.54) is 0 Å². The van der Waals surface area contributed by atoms with Crippen LogP contribution in [0.25, 0.3) is 22.6 Å². The van der Waals surface area contributed by atoms with E-state index >= 15 is 0 Å². The molecule has 0 saturated carbocycles. The SMILES string of the molecule is N#Cc1c(-c2ccco2)cccc1-c1ccco1. The highest BCUT2D eigenvalue weighted by atomic mass is 16.3. The van der Waals surface area contributed by atoms with Crippen LogP contribution in [0, 0.1) is 11.3 Å². The van der Waals surface area contributed by atoms with Crippen LogP contribution in [0.2, 0.25) is 0 Å². The summed E-state index contributed by atoms with van der Waals surface area (Å²) in [6, 6.07) is 15.1. The molecule has 18 heavy (non-hydrogen) atoms. The first-order chi connectivity index (χ1) is 8.90. The average molecular weight is 235 g/mol. The van der Waals surface area contributed by atoms with Crippen LogP contribution < -0.4 is 0 Å². The molecule has 86 valence electrons. The third kappa shape index (κ3) is 1.61. The molecule has 0 atom stereocenters. The minimum Gasteiger partial charge on any atom is -0.464 e. The molecule has 0 saturated heterocycles. The minimum atomic E-state index is 0.558. The third-order valence-electron chi connectivity index (χ3n) is 2.75. The van der Waals surface area contributed by atoms with Gasteiger partial charge in [0.05, 0.1) is 18.1 Å². The summed E-state index contributed by atoms with van der Waals surface area (Å²) in [6.45, 7) is 0. The second kappa shape index (κ2) is 4.27. The highest BCUT2D eigenvalue weighted by molar-refractivity contribution is 5.78. The van der Waals surface area contributed by atoms with Gasteiger partial charge in [0.1, 0.15) is 17.6 Å². The summed E-state index contributed by atoms with van der Waals surface area (Å²) >= 11 is 0. The lowest BCUT2D eigenvalue weighted by Gasteiger charge is -2.05. The van der Waals surface area contributed by atoms with Crippen molar-refractivity contribution >= 4 is 0 Å². The Kier molecular flexibility index (Phi) is 2.47. The summed E-state index contributed by atoms with van der Waals surface area (Å²) in [5.41, 5.74) is 2.11. The summed E-state index contributed by atoms with van der Waals surface area (Å²) in [6.07, 6.45) is 3.19. The molecule has 0 aliphatic rings. The molecular weight excluding hydrogens is 226 g/mol. The summed E-state index contributed by atoms with van der Waals surface area (Å²) < 4.78 is 10.7. The van der Waals surface area contributed by atoms with Gasteiger partial charge in [0, 0.05) is 11.1 Å². The molecule has 1 aromatic carbocycles. The Balaban J connectivity index is 2.24. The van der Waals surface area contributed by atoms with Gasteiger partial charge in [-0.25, -0.2) is 0 Å². The van der Waals surface area contributed by atoms with Crippen LogP contribution in [-0.4, -0.2) is 0 Å². The molecule has 0 radical (unpaired) electrons. The lowest BCUT2D eigenvalue weighted by Crippen LogP contribution is -1.87. The number of hydrogen-bond acceptors (Lipinski definition) is 3. The lowest BCUT2D eigenvalue weighted by atomic mass is 9.99. The van der Waals surface area contributed by atoms with Crippen LogP contribution in [-0.2, 0) is 0 Å². The normalized spacial score (nSPS) is 10.2. The van der Waals surface area contributed by atoms with E-state index in [0.717, 1.165) is 11.1 Å². The maximum absolute atomic E-state index is 9.36. The van der Waals surface area contributed by atoms with Crippen LogP contribution in [0.15, 0.2) is 63.8 Å². The van der Waals surface area contributed by atoms with Gasteiger partial charge in [-0.3, -0.25) is 0 Å². The topological polar surface area (TPSA) is 50.1 Å². The molecule has 0 spiro atoms. The molecule has 0 aliphatic heterocycles. The van der Waals surface area contributed by atoms with E-state index in [-0.39, 0.29) is 0 Å². The van der Waals surface area contributed by atoms with Crippen molar-refractivity contribution in [1.82, 2.24) is 0 Å². The Hall–Kier alpha value is -2.73. The van der Waals surface area contributed by atoms with Gasteiger partial charge in [-0.15, -0.1) is 0 Å². The Morgan fingerprint density at radius 2 is 1.33 bits per heavy atom. The van der Waals surface area contributed by atoms with Gasteiger partial charge in [-0.05, 0) is 36.4 Å². The molecule has 0 N–H and O–H groups in total. The predicted octanol–water partition coefficient (Wildman–Crippen LogP) is 4.08. The molecule has 2 heterocycles. The van der Waals surface area contributed by atoms with Crippen molar-refractivity contribution in [3.05, 3.63) is 60.6 Å². The fourth-order valence-corrected chi connectivity index (χ4v) is 1.95. The summed E-state index contributed by atoms with van der Waals surface area (Å²) in [7, 11) is 0. The van der Waals surface area contributed by atoms with Crippen molar-refractivity contribution in [3.8, 4) is 28.7 Å². The molecule has 3 rings (SSSR count). The number of benzene rings is 1. The highest BCUT2D eigenvalue weighted by Crippen LogP contribution is 2.32. The van der Waals surface area contributed by atoms with Crippen LogP contribution in [0.5, 0.6) is 0 Å². The first-order valence-electron chi connectivity index (χ1n) is 5.51. The maximum atomic E-state index is 9.36. The zero-order valence-electron chi connectivity index (χ0n) is 9.46. The van der Waals surface area contributed by atoms with Gasteiger partial charge in [-0.2, -0.15) is 5.26 Å². The minimum absolute atomic E-state index is 0.558. The van der Waals surface area contributed by atoms with Crippen molar-refractivity contribution in [1.29, 1.82) is 5.26 Å². The molecule has 0 unspecified atom stereocenters. The van der Waals surface area contributed by atoms with Crippen LogP contribution in [0.1, 0.15) is 5.56 Å². The van der Waals surface area contributed by atoms with Crippen molar-refractivity contribution in [2.45, 2.75) is 0 Å². The molecule has 3 heteroatoms. The van der Waals surface area contributed by atoms with E-state index in [1.54, 1.807) is 24.7 Å². The smallest absolute Gasteiger partial charge is 0.135 e. The summed E-state index contributed by atoms with van der Waals surface area (Å²) in [4.78, 5) is 0. The first-order valence-corrected chi connectivity index (χ1v) is 5.51. The van der Waals surface area contributed by atoms with Crippen LogP contribution in [0.3, 0.4) is 0 Å². The number of nitriles is 1. The number of furan rings is 2. The zero-order chi connectivity index (χ0) is 12.4. The predicted molar refractivity (Wildman–Crippen MR) is 66.6 cm³/mol. The van der Waals surface area contributed by atoms with Crippen molar-refractivity contribution in [2.75, 3.05) is 0 Å². The fraction of sp³-hybridized carbons (Fsp3) is 0. The van der Waals surface area contributed by atoms with E-state index < -0.39 is 0 Å². The van der Waals surface area contributed by atoms with Crippen molar-refractivity contribution in [3.63, 3.8) is 0 Å². The number of nitrogens with zero attached hydrogens (tertiary/aromatic N) is 1. The Bertz CT molecular complexity index is 636. The zero-order valence-corrected chi connectivity index (χ0v) is 9.46. The van der Waals surface area contributed by atoms with Crippen LogP contribution >= 0.6 is 0 Å². The standard InChI is InChI=1S/C15H9NO2/c16-10-13-11(14-6-2-8-17-14)4-1-5-12(13)15-7-3-9-18-15/h1-9H. The summed E-state index contributed by atoms with van der Waals surface area (Å²) in [5, 5.41) is 9.36. The highest BCUT2D eigenvalue weighted by Gasteiger charge is 2.14. The van der Waals surface area contributed by atoms with E-state index in [4.69, 9.17) is 8.83 Å². The van der Waals surface area contributed by atoms with Gasteiger partial charge < -0.3 is 8.83 Å². The average Bonchev–Trinajstić information content (AvgIpc) is 3.10. The first kappa shape index (κ1) is 10.4. The Morgan fingerprint density at radius 1 is 0.778 bits per heavy atom. The van der Waals surface area contributed by atoms with Crippen molar-refractivity contribution < 1.29 is 8.83 Å². The third-order valence-corrected chi connectivity index (χ3v) is 2.75. The van der Waals surface area contributed by atoms with Crippen molar-refractivity contribution in [2.24, 2.45) is 0 Å². The van der Waals surface area contributed by atoms with Crippen LogP contribution in [0.4, 0.5) is 0 Å². The maximum Gasteiger partial charge on any atom is 0.135 e. The molecule has 0 fully saturated rings. The van der Waals surface area contributed by atoms with E-state index in [1.807, 2.05) is 30.3 Å². The second-order valence-electron chi connectivity index (χ2n) is 3.79. The van der Waals surface area contributed by atoms with Gasteiger partial charge in [0.2, 0.25) is 0 Å². The lowest BCUT2D eigenvalue weighted by molar-refractivity contribution is 0.580. The van der Waals surface area contributed by atoms with E-state index in [2.05, 4.69) is 6.07 Å². The molecule has 0 aliphatic carbocycles. The monoisotopic (exact) mass is 235 g/mol. The second-order valence-corrected chi connectivity index (χ2v) is 3.79. The molecule has 2 aromatic heterocycles. The number of hydrogen-bond donors (Lipinski definition) is 0. The fourth-order valence-electron chi connectivity index (χ4n) is 1.95. The quantitative estimate of drug-likeness (QED) is 0.672. The molecule has 3 nitrogen and oxygen atoms in total. The van der Waals surface area contributed by atoms with Gasteiger partial charge in [0.25, 0.3) is 0 Å². The molecule has 0 amide bonds. The van der Waals surface area contributed by atoms with E-state index in [9.17, 15) is 5.26 Å². The Morgan fingerprint density at radius 3 is 1.72 bits per heavy atom. The van der Waals surface area contributed by atoms with Gasteiger partial charge in [-0.1, -0.05) is 6.07 Å². The molecular formula is C15H9NO2.